The van der Waals surface area contributed by atoms with Gasteiger partial charge in [0, 0.05) is 12.3 Å². The molecule has 1 amide bonds. The molecule has 1 aliphatic rings. The van der Waals surface area contributed by atoms with Crippen LogP contribution in [-0.2, 0) is 17.5 Å². The SMILES string of the molecule is NC(=O)C1=CNc2cc(C(F)(F)F)nn2C1. The van der Waals surface area contributed by atoms with Crippen molar-refractivity contribution in [2.75, 3.05) is 5.32 Å². The molecule has 0 fully saturated rings. The van der Waals surface area contributed by atoms with Crippen LogP contribution >= 0.6 is 0 Å². The molecular formula is C8H7F3N4O. The number of halogens is 3. The number of hydrogen-bond donors (Lipinski definition) is 2. The Kier molecular flexibility index (Phi) is 2.14. The van der Waals surface area contributed by atoms with E-state index in [0.29, 0.717) is 0 Å². The lowest BCUT2D eigenvalue weighted by molar-refractivity contribution is -0.141. The van der Waals surface area contributed by atoms with Gasteiger partial charge in [0.2, 0.25) is 5.91 Å². The van der Waals surface area contributed by atoms with E-state index in [9.17, 15) is 18.0 Å². The maximum Gasteiger partial charge on any atom is 0.435 e. The van der Waals surface area contributed by atoms with Crippen LogP contribution in [0.25, 0.3) is 0 Å². The molecule has 1 aromatic rings. The lowest BCUT2D eigenvalue weighted by Gasteiger charge is -2.13. The van der Waals surface area contributed by atoms with Crippen LogP contribution in [0.15, 0.2) is 17.8 Å². The summed E-state index contributed by atoms with van der Waals surface area (Å²) in [6.07, 6.45) is -3.22. The molecule has 1 aromatic heterocycles. The molecule has 0 atom stereocenters. The first-order valence-corrected chi connectivity index (χ1v) is 4.28. The van der Waals surface area contributed by atoms with E-state index in [2.05, 4.69) is 10.4 Å². The predicted molar refractivity (Wildman–Crippen MR) is 48.1 cm³/mol. The summed E-state index contributed by atoms with van der Waals surface area (Å²) < 4.78 is 38.0. The second-order valence-corrected chi connectivity index (χ2v) is 3.25. The monoisotopic (exact) mass is 232 g/mol. The van der Waals surface area contributed by atoms with Crippen molar-refractivity contribution >= 4 is 11.7 Å². The molecule has 3 N–H and O–H groups in total. The highest BCUT2D eigenvalue weighted by Crippen LogP contribution is 2.31. The molecule has 0 saturated heterocycles. The number of primary amides is 1. The zero-order valence-corrected chi connectivity index (χ0v) is 7.88. The van der Waals surface area contributed by atoms with Gasteiger partial charge in [-0.1, -0.05) is 0 Å². The largest absolute Gasteiger partial charge is 0.435 e. The molecule has 16 heavy (non-hydrogen) atoms. The third-order valence-electron chi connectivity index (χ3n) is 2.10. The fourth-order valence-electron chi connectivity index (χ4n) is 1.31. The molecule has 0 saturated carbocycles. The summed E-state index contributed by atoms with van der Waals surface area (Å²) in [7, 11) is 0. The molecule has 0 bridgehead atoms. The van der Waals surface area contributed by atoms with Crippen LogP contribution in [0.3, 0.4) is 0 Å². The average Bonchev–Trinajstić information content (AvgIpc) is 2.58. The fraction of sp³-hybridized carbons (Fsp3) is 0.250. The van der Waals surface area contributed by atoms with Crippen LogP contribution in [0.4, 0.5) is 19.0 Å². The van der Waals surface area contributed by atoms with E-state index in [1.54, 1.807) is 0 Å². The summed E-state index contributed by atoms with van der Waals surface area (Å²) in [4.78, 5) is 10.8. The van der Waals surface area contributed by atoms with Crippen molar-refractivity contribution in [3.05, 3.63) is 23.5 Å². The Morgan fingerprint density at radius 3 is 2.81 bits per heavy atom. The number of anilines is 1. The second-order valence-electron chi connectivity index (χ2n) is 3.25. The van der Waals surface area contributed by atoms with E-state index in [4.69, 9.17) is 5.73 Å². The van der Waals surface area contributed by atoms with Crippen molar-refractivity contribution in [2.45, 2.75) is 12.7 Å². The molecule has 8 heteroatoms. The third kappa shape index (κ3) is 1.73. The number of hydrogen-bond acceptors (Lipinski definition) is 3. The topological polar surface area (TPSA) is 72.9 Å². The van der Waals surface area contributed by atoms with Gasteiger partial charge in [0.05, 0.1) is 12.1 Å². The molecule has 2 heterocycles. The normalized spacial score (nSPS) is 15.1. The highest BCUT2D eigenvalue weighted by molar-refractivity contribution is 5.92. The zero-order valence-electron chi connectivity index (χ0n) is 7.88. The smallest absolute Gasteiger partial charge is 0.366 e. The first-order chi connectivity index (χ1) is 7.38. The van der Waals surface area contributed by atoms with E-state index in [-0.39, 0.29) is 17.9 Å². The van der Waals surface area contributed by atoms with Crippen LogP contribution in [-0.4, -0.2) is 15.7 Å². The number of alkyl halides is 3. The summed E-state index contributed by atoms with van der Waals surface area (Å²) in [5.74, 6) is -0.514. The number of fused-ring (bicyclic) bond motifs is 1. The van der Waals surface area contributed by atoms with Gasteiger partial charge in [0.25, 0.3) is 0 Å². The number of amides is 1. The number of aromatic nitrogens is 2. The molecule has 0 radical (unpaired) electrons. The summed E-state index contributed by atoms with van der Waals surface area (Å²) in [6.45, 7) is -0.0618. The van der Waals surface area contributed by atoms with Gasteiger partial charge < -0.3 is 11.1 Å². The number of nitrogens with one attached hydrogen (secondary N) is 1. The molecule has 5 nitrogen and oxygen atoms in total. The first-order valence-electron chi connectivity index (χ1n) is 4.28. The molecular weight excluding hydrogens is 225 g/mol. The number of nitrogens with zero attached hydrogens (tertiary/aromatic N) is 2. The molecule has 0 unspecified atom stereocenters. The van der Waals surface area contributed by atoms with Gasteiger partial charge in [-0.25, -0.2) is 4.68 Å². The van der Waals surface area contributed by atoms with Crippen molar-refractivity contribution in [1.82, 2.24) is 9.78 Å². The molecule has 0 aliphatic carbocycles. The highest BCUT2D eigenvalue weighted by atomic mass is 19.4. The van der Waals surface area contributed by atoms with E-state index < -0.39 is 17.8 Å². The minimum Gasteiger partial charge on any atom is -0.366 e. The van der Waals surface area contributed by atoms with Crippen molar-refractivity contribution in [2.24, 2.45) is 5.73 Å². The van der Waals surface area contributed by atoms with Gasteiger partial charge in [0.15, 0.2) is 5.69 Å². The maximum absolute atomic E-state index is 12.3. The van der Waals surface area contributed by atoms with Gasteiger partial charge in [-0.05, 0) is 0 Å². The van der Waals surface area contributed by atoms with Crippen LogP contribution in [0.2, 0.25) is 0 Å². The zero-order chi connectivity index (χ0) is 11.9. The predicted octanol–water partition coefficient (Wildman–Crippen LogP) is 0.697. The van der Waals surface area contributed by atoms with Crippen LogP contribution in [0.5, 0.6) is 0 Å². The van der Waals surface area contributed by atoms with E-state index in [1.165, 1.54) is 6.20 Å². The quantitative estimate of drug-likeness (QED) is 0.748. The Morgan fingerprint density at radius 1 is 1.56 bits per heavy atom. The molecule has 2 rings (SSSR count). The van der Waals surface area contributed by atoms with Crippen molar-refractivity contribution < 1.29 is 18.0 Å². The van der Waals surface area contributed by atoms with E-state index in [1.807, 2.05) is 0 Å². The molecule has 0 spiro atoms. The summed E-state index contributed by atoms with van der Waals surface area (Å²) in [5.41, 5.74) is 4.17. The summed E-state index contributed by atoms with van der Waals surface area (Å²) in [6, 6.07) is 0.869. The maximum atomic E-state index is 12.3. The number of rotatable bonds is 1. The summed E-state index contributed by atoms with van der Waals surface area (Å²) >= 11 is 0. The Hall–Kier alpha value is -1.99. The first kappa shape index (κ1) is 10.5. The second kappa shape index (κ2) is 3.26. The van der Waals surface area contributed by atoms with Crippen LogP contribution < -0.4 is 11.1 Å². The van der Waals surface area contributed by atoms with Crippen molar-refractivity contribution in [3.8, 4) is 0 Å². The number of carbonyl (C=O) groups is 1. The lowest BCUT2D eigenvalue weighted by atomic mass is 10.2. The fourth-order valence-corrected chi connectivity index (χ4v) is 1.31. The molecule has 0 aromatic carbocycles. The Labute approximate surface area is 87.7 Å². The Bertz CT molecular complexity index is 474. The summed E-state index contributed by atoms with van der Waals surface area (Å²) in [5, 5.41) is 5.86. The van der Waals surface area contributed by atoms with Crippen LogP contribution in [0, 0.1) is 0 Å². The minimum atomic E-state index is -4.50. The third-order valence-corrected chi connectivity index (χ3v) is 2.10. The lowest BCUT2D eigenvalue weighted by Crippen LogP contribution is -2.23. The Morgan fingerprint density at radius 2 is 2.25 bits per heavy atom. The van der Waals surface area contributed by atoms with Crippen molar-refractivity contribution in [1.29, 1.82) is 0 Å². The number of carbonyl (C=O) groups excluding carboxylic acids is 1. The molecule has 86 valence electrons. The minimum absolute atomic E-state index is 0.0618. The standard InChI is InChI=1S/C8H7F3N4O/c9-8(10,11)5-1-6-13-2-4(7(12)16)3-15(6)14-5/h1-2,13H,3H2,(H2,12,16). The average molecular weight is 232 g/mol. The van der Waals surface area contributed by atoms with Crippen LogP contribution in [0.1, 0.15) is 5.69 Å². The van der Waals surface area contributed by atoms with Gasteiger partial charge >= 0.3 is 6.18 Å². The Balaban J connectivity index is 2.31. The number of nitrogens with two attached hydrogens (primary N) is 1. The van der Waals surface area contributed by atoms with Gasteiger partial charge in [-0.3, -0.25) is 4.79 Å². The van der Waals surface area contributed by atoms with Gasteiger partial charge in [-0.15, -0.1) is 0 Å². The highest BCUT2D eigenvalue weighted by Gasteiger charge is 2.35. The van der Waals surface area contributed by atoms with Gasteiger partial charge in [0.1, 0.15) is 5.82 Å². The van der Waals surface area contributed by atoms with E-state index in [0.717, 1.165) is 10.7 Å². The van der Waals surface area contributed by atoms with Crippen molar-refractivity contribution in [3.63, 3.8) is 0 Å². The van der Waals surface area contributed by atoms with E-state index >= 15 is 0 Å². The van der Waals surface area contributed by atoms with Gasteiger partial charge in [-0.2, -0.15) is 18.3 Å². The molecule has 1 aliphatic heterocycles.